The molecule has 1 aliphatic rings. The van der Waals surface area contributed by atoms with Gasteiger partial charge in [-0.2, -0.15) is 0 Å². The number of anilines is 3. The van der Waals surface area contributed by atoms with Crippen LogP contribution in [0.2, 0.25) is 0 Å². The van der Waals surface area contributed by atoms with Gasteiger partial charge in [-0.3, -0.25) is 4.79 Å². The van der Waals surface area contributed by atoms with E-state index in [4.69, 9.17) is 4.42 Å². The van der Waals surface area contributed by atoms with E-state index in [2.05, 4.69) is 32.7 Å². The van der Waals surface area contributed by atoms with Crippen LogP contribution in [0, 0.1) is 0 Å². The molecular formula is C21H22N4O2. The topological polar surface area (TPSA) is 70.4 Å². The molecule has 1 aliphatic heterocycles. The second-order valence-electron chi connectivity index (χ2n) is 6.56. The number of furan rings is 1. The van der Waals surface area contributed by atoms with E-state index in [0.717, 1.165) is 30.2 Å². The van der Waals surface area contributed by atoms with Crippen molar-refractivity contribution in [2.75, 3.05) is 28.6 Å². The van der Waals surface area contributed by atoms with Crippen molar-refractivity contribution in [3.8, 4) is 0 Å². The van der Waals surface area contributed by atoms with Crippen LogP contribution in [0.3, 0.4) is 0 Å². The number of hydrogen-bond donors (Lipinski definition) is 2. The molecule has 6 heteroatoms. The minimum atomic E-state index is -0.221. The third-order valence-corrected chi connectivity index (χ3v) is 4.64. The van der Waals surface area contributed by atoms with Crippen molar-refractivity contribution in [2.24, 2.45) is 0 Å². The van der Waals surface area contributed by atoms with Gasteiger partial charge >= 0.3 is 0 Å². The zero-order valence-electron chi connectivity index (χ0n) is 15.0. The summed E-state index contributed by atoms with van der Waals surface area (Å²) in [6, 6.07) is 15.3. The van der Waals surface area contributed by atoms with Gasteiger partial charge in [0.1, 0.15) is 11.5 Å². The Kier molecular flexibility index (Phi) is 5.05. The lowest BCUT2D eigenvalue weighted by atomic mass is 10.2. The maximum Gasteiger partial charge on any atom is 0.274 e. The number of aromatic nitrogens is 1. The number of benzene rings is 1. The van der Waals surface area contributed by atoms with E-state index < -0.39 is 0 Å². The van der Waals surface area contributed by atoms with E-state index in [1.165, 1.54) is 18.5 Å². The van der Waals surface area contributed by atoms with Crippen LogP contribution < -0.4 is 15.5 Å². The summed E-state index contributed by atoms with van der Waals surface area (Å²) >= 11 is 0. The van der Waals surface area contributed by atoms with Gasteiger partial charge in [-0.05, 0) is 61.4 Å². The van der Waals surface area contributed by atoms with Crippen molar-refractivity contribution in [3.63, 3.8) is 0 Å². The molecule has 0 unspecified atom stereocenters. The molecule has 0 spiro atoms. The highest BCUT2D eigenvalue weighted by Crippen LogP contribution is 2.22. The Balaban J connectivity index is 1.33. The molecule has 1 aromatic carbocycles. The minimum Gasteiger partial charge on any atom is -0.467 e. The monoisotopic (exact) mass is 362 g/mol. The number of nitrogens with zero attached hydrogens (tertiary/aromatic N) is 2. The third kappa shape index (κ3) is 4.28. The van der Waals surface area contributed by atoms with Crippen LogP contribution in [-0.4, -0.2) is 24.0 Å². The largest absolute Gasteiger partial charge is 0.467 e. The highest BCUT2D eigenvalue weighted by molar-refractivity contribution is 6.03. The summed E-state index contributed by atoms with van der Waals surface area (Å²) in [7, 11) is 0. The first-order chi connectivity index (χ1) is 13.3. The Morgan fingerprint density at radius 1 is 1.04 bits per heavy atom. The molecule has 2 N–H and O–H groups in total. The first-order valence-electron chi connectivity index (χ1n) is 9.16. The van der Waals surface area contributed by atoms with Gasteiger partial charge in [0, 0.05) is 24.5 Å². The van der Waals surface area contributed by atoms with Crippen LogP contribution in [0.1, 0.15) is 29.1 Å². The van der Waals surface area contributed by atoms with Crippen molar-refractivity contribution in [1.82, 2.24) is 4.98 Å². The predicted molar refractivity (Wildman–Crippen MR) is 106 cm³/mol. The quantitative estimate of drug-likeness (QED) is 0.690. The number of rotatable bonds is 6. The number of nitrogens with one attached hydrogen (secondary N) is 2. The number of pyridine rings is 1. The van der Waals surface area contributed by atoms with Gasteiger partial charge in [0.2, 0.25) is 0 Å². The smallest absolute Gasteiger partial charge is 0.274 e. The van der Waals surface area contributed by atoms with E-state index in [9.17, 15) is 4.79 Å². The number of carbonyl (C=O) groups excluding carboxylic acids is 1. The number of hydrogen-bond acceptors (Lipinski definition) is 5. The fraction of sp³-hybridized carbons (Fsp3) is 0.238. The van der Waals surface area contributed by atoms with Crippen molar-refractivity contribution in [2.45, 2.75) is 19.4 Å². The molecular weight excluding hydrogens is 340 g/mol. The van der Waals surface area contributed by atoms with E-state index in [0.29, 0.717) is 12.2 Å². The molecule has 4 rings (SSSR count). The molecule has 6 nitrogen and oxygen atoms in total. The summed E-state index contributed by atoms with van der Waals surface area (Å²) in [5, 5.41) is 6.10. The number of amides is 1. The highest BCUT2D eigenvalue weighted by atomic mass is 16.3. The molecule has 2 aromatic heterocycles. The summed E-state index contributed by atoms with van der Waals surface area (Å²) in [4.78, 5) is 19.0. The lowest BCUT2D eigenvalue weighted by Crippen LogP contribution is -2.17. The minimum absolute atomic E-state index is 0.221. The summed E-state index contributed by atoms with van der Waals surface area (Å²) in [6.07, 6.45) is 5.78. The molecule has 27 heavy (non-hydrogen) atoms. The van der Waals surface area contributed by atoms with Gasteiger partial charge in [-0.25, -0.2) is 4.98 Å². The molecule has 0 atom stereocenters. The van der Waals surface area contributed by atoms with E-state index in [1.807, 2.05) is 30.3 Å². The van der Waals surface area contributed by atoms with Crippen LogP contribution in [0.25, 0.3) is 0 Å². The van der Waals surface area contributed by atoms with Crippen molar-refractivity contribution >= 4 is 23.0 Å². The highest BCUT2D eigenvalue weighted by Gasteiger charge is 2.12. The van der Waals surface area contributed by atoms with Gasteiger partial charge < -0.3 is 20.0 Å². The fourth-order valence-corrected chi connectivity index (χ4v) is 3.16. The van der Waals surface area contributed by atoms with E-state index in [-0.39, 0.29) is 5.91 Å². The van der Waals surface area contributed by atoms with Crippen molar-refractivity contribution < 1.29 is 9.21 Å². The zero-order valence-corrected chi connectivity index (χ0v) is 15.0. The van der Waals surface area contributed by atoms with Gasteiger partial charge in [0.15, 0.2) is 0 Å². The summed E-state index contributed by atoms with van der Waals surface area (Å²) in [6.45, 7) is 2.79. The number of carbonyl (C=O) groups is 1. The Hall–Kier alpha value is -3.28. The van der Waals surface area contributed by atoms with Gasteiger partial charge in [-0.1, -0.05) is 0 Å². The van der Waals surface area contributed by atoms with Gasteiger partial charge in [0.05, 0.1) is 24.7 Å². The Morgan fingerprint density at radius 2 is 1.81 bits per heavy atom. The Labute approximate surface area is 158 Å². The molecule has 3 heterocycles. The Bertz CT molecular complexity index is 868. The third-order valence-electron chi connectivity index (χ3n) is 4.64. The molecule has 1 fully saturated rings. The molecule has 1 amide bonds. The lowest BCUT2D eigenvalue weighted by molar-refractivity contribution is 0.102. The van der Waals surface area contributed by atoms with Crippen LogP contribution in [0.5, 0.6) is 0 Å². The van der Waals surface area contributed by atoms with Crippen LogP contribution in [0.4, 0.5) is 17.1 Å². The van der Waals surface area contributed by atoms with Crippen LogP contribution in [0.15, 0.2) is 65.4 Å². The van der Waals surface area contributed by atoms with E-state index >= 15 is 0 Å². The summed E-state index contributed by atoms with van der Waals surface area (Å²) in [5.74, 6) is 0.621. The molecule has 0 saturated carbocycles. The summed E-state index contributed by atoms with van der Waals surface area (Å²) < 4.78 is 5.27. The first-order valence-corrected chi connectivity index (χ1v) is 9.16. The van der Waals surface area contributed by atoms with Gasteiger partial charge in [0.25, 0.3) is 5.91 Å². The summed E-state index contributed by atoms with van der Waals surface area (Å²) in [5.41, 5.74) is 3.18. The normalized spacial score (nSPS) is 13.6. The van der Waals surface area contributed by atoms with Crippen molar-refractivity contribution in [1.29, 1.82) is 0 Å². The first kappa shape index (κ1) is 17.1. The molecule has 138 valence electrons. The average molecular weight is 362 g/mol. The second-order valence-corrected chi connectivity index (χ2v) is 6.56. The molecule has 0 aliphatic carbocycles. The van der Waals surface area contributed by atoms with Crippen molar-refractivity contribution in [3.05, 3.63) is 72.4 Å². The molecule has 0 radical (unpaired) electrons. The second kappa shape index (κ2) is 7.95. The molecule has 3 aromatic rings. The predicted octanol–water partition coefficient (Wildman–Crippen LogP) is 4.14. The standard InChI is InChI=1S/C21H22N4O2/c26-21(24-16-5-8-18(9-6-16)25-11-1-2-12-25)20-10-7-17(14-23-20)22-15-19-4-3-13-27-19/h3-10,13-14,22H,1-2,11-12,15H2,(H,24,26). The SMILES string of the molecule is O=C(Nc1ccc(N2CCCC2)cc1)c1ccc(NCc2ccco2)cn1. The Morgan fingerprint density at radius 3 is 2.48 bits per heavy atom. The zero-order chi connectivity index (χ0) is 18.5. The lowest BCUT2D eigenvalue weighted by Gasteiger charge is -2.17. The maximum atomic E-state index is 12.4. The van der Waals surface area contributed by atoms with Gasteiger partial charge in [-0.15, -0.1) is 0 Å². The van der Waals surface area contributed by atoms with Crippen LogP contribution >= 0.6 is 0 Å². The molecule has 0 bridgehead atoms. The fourth-order valence-electron chi connectivity index (χ4n) is 3.16. The molecule has 1 saturated heterocycles. The maximum absolute atomic E-state index is 12.4. The average Bonchev–Trinajstić information content (AvgIpc) is 3.41. The van der Waals surface area contributed by atoms with E-state index in [1.54, 1.807) is 18.5 Å². The van der Waals surface area contributed by atoms with Crippen LogP contribution in [-0.2, 0) is 6.54 Å².